The molecule has 2 rings (SSSR count). The second-order valence-electron chi connectivity index (χ2n) is 5.80. The van der Waals surface area contributed by atoms with Gasteiger partial charge < -0.3 is 10.5 Å². The monoisotopic (exact) mass is 341 g/mol. The van der Waals surface area contributed by atoms with Gasteiger partial charge in [-0.15, -0.1) is 0 Å². The highest BCUT2D eigenvalue weighted by atomic mass is 32.2. The minimum Gasteiger partial charge on any atom is -0.393 e. The molecule has 0 aliphatic heterocycles. The summed E-state index contributed by atoms with van der Waals surface area (Å²) in [5.74, 6) is -0.140. The van der Waals surface area contributed by atoms with Crippen LogP contribution in [0.5, 0.6) is 0 Å². The fraction of sp³-hybridized carbons (Fsp3) is 0.562. The SMILES string of the molecule is CCOC[C@@]1(C(N)=S)[C@H](c2ccc(C)cc2)[C@@H]1S(=O)(=O)CC. The van der Waals surface area contributed by atoms with E-state index in [1.165, 1.54) is 0 Å². The minimum atomic E-state index is -3.26. The fourth-order valence-electron chi connectivity index (χ4n) is 3.17. The van der Waals surface area contributed by atoms with Crippen molar-refractivity contribution in [3.05, 3.63) is 35.4 Å². The maximum Gasteiger partial charge on any atom is 0.154 e. The molecule has 1 aliphatic carbocycles. The van der Waals surface area contributed by atoms with E-state index in [0.717, 1.165) is 11.1 Å². The van der Waals surface area contributed by atoms with Crippen molar-refractivity contribution in [1.29, 1.82) is 0 Å². The first kappa shape index (κ1) is 17.4. The van der Waals surface area contributed by atoms with Crippen molar-refractivity contribution in [3.8, 4) is 0 Å². The number of sulfone groups is 1. The number of aryl methyl sites for hydroxylation is 1. The third-order valence-corrected chi connectivity index (χ3v) is 7.14. The molecule has 0 bridgehead atoms. The average molecular weight is 341 g/mol. The molecule has 0 unspecified atom stereocenters. The van der Waals surface area contributed by atoms with Crippen molar-refractivity contribution in [2.45, 2.75) is 31.9 Å². The highest BCUT2D eigenvalue weighted by Gasteiger charge is 2.72. The van der Waals surface area contributed by atoms with Crippen LogP contribution in [-0.2, 0) is 14.6 Å². The zero-order valence-electron chi connectivity index (χ0n) is 13.2. The van der Waals surface area contributed by atoms with E-state index in [1.807, 2.05) is 38.1 Å². The number of hydrogen-bond donors (Lipinski definition) is 1. The summed E-state index contributed by atoms with van der Waals surface area (Å²) in [4.78, 5) is 0.230. The van der Waals surface area contributed by atoms with Crippen LogP contribution in [0.15, 0.2) is 24.3 Å². The molecule has 0 spiro atoms. The molecule has 3 atom stereocenters. The predicted octanol–water partition coefficient (Wildman–Crippen LogP) is 2.20. The van der Waals surface area contributed by atoms with E-state index >= 15 is 0 Å². The number of benzene rings is 1. The summed E-state index contributed by atoms with van der Waals surface area (Å²) in [5.41, 5.74) is 7.27. The predicted molar refractivity (Wildman–Crippen MR) is 92.9 cm³/mol. The lowest BCUT2D eigenvalue weighted by Crippen LogP contribution is -2.34. The number of thiocarbonyl (C=S) groups is 1. The molecule has 1 saturated carbocycles. The molecule has 2 N–H and O–H groups in total. The molecule has 0 amide bonds. The second-order valence-corrected chi connectivity index (χ2v) is 8.65. The van der Waals surface area contributed by atoms with Gasteiger partial charge >= 0.3 is 0 Å². The van der Waals surface area contributed by atoms with Crippen molar-refractivity contribution in [2.24, 2.45) is 11.1 Å². The minimum absolute atomic E-state index is 0.0799. The largest absolute Gasteiger partial charge is 0.393 e. The Morgan fingerprint density at radius 3 is 2.36 bits per heavy atom. The van der Waals surface area contributed by atoms with E-state index in [1.54, 1.807) is 6.92 Å². The summed E-state index contributed by atoms with van der Waals surface area (Å²) in [6.45, 7) is 6.29. The standard InChI is InChI=1S/C16H23NO3S2/c1-4-20-10-16(15(17)21)13(14(16)22(18,19)5-2)12-8-6-11(3)7-9-12/h6-9,13-14H,4-5,10H2,1-3H3,(H2,17,21)/t13-,14+,16-/m1/s1. The highest BCUT2D eigenvalue weighted by Crippen LogP contribution is 2.63. The van der Waals surface area contributed by atoms with Crippen molar-refractivity contribution in [3.63, 3.8) is 0 Å². The summed E-state index contributed by atoms with van der Waals surface area (Å²) in [6, 6.07) is 7.89. The third-order valence-electron chi connectivity index (χ3n) is 4.49. The topological polar surface area (TPSA) is 69.4 Å². The molecule has 1 fully saturated rings. The van der Waals surface area contributed by atoms with Gasteiger partial charge in [0, 0.05) is 18.3 Å². The normalized spacial score (nSPS) is 27.6. The molecule has 0 aromatic heterocycles. The number of ether oxygens (including phenoxy) is 1. The van der Waals surface area contributed by atoms with Crippen LogP contribution < -0.4 is 5.73 Å². The van der Waals surface area contributed by atoms with Crippen molar-refractivity contribution < 1.29 is 13.2 Å². The summed E-state index contributed by atoms with van der Waals surface area (Å²) >= 11 is 5.24. The van der Waals surface area contributed by atoms with Crippen LogP contribution in [0.4, 0.5) is 0 Å². The number of hydrogen-bond acceptors (Lipinski definition) is 4. The van der Waals surface area contributed by atoms with E-state index in [2.05, 4.69) is 0 Å². The molecule has 1 aliphatic rings. The van der Waals surface area contributed by atoms with E-state index in [-0.39, 0.29) is 23.3 Å². The molecule has 1 aromatic carbocycles. The quantitative estimate of drug-likeness (QED) is 0.770. The molecule has 6 heteroatoms. The molecule has 1 aromatic rings. The van der Waals surface area contributed by atoms with Gasteiger partial charge in [0.1, 0.15) is 0 Å². The Labute approximate surface area is 138 Å². The van der Waals surface area contributed by atoms with Crippen molar-refractivity contribution >= 4 is 27.0 Å². The van der Waals surface area contributed by atoms with Gasteiger partial charge in [0.15, 0.2) is 9.84 Å². The Bertz CT molecular complexity index is 654. The zero-order valence-corrected chi connectivity index (χ0v) is 14.8. The molecule has 122 valence electrons. The van der Waals surface area contributed by atoms with Crippen LogP contribution in [0.3, 0.4) is 0 Å². The lowest BCUT2D eigenvalue weighted by Gasteiger charge is -2.16. The summed E-state index contributed by atoms with van der Waals surface area (Å²) in [5, 5.41) is -0.586. The van der Waals surface area contributed by atoms with Crippen LogP contribution in [0.25, 0.3) is 0 Å². The molecule has 22 heavy (non-hydrogen) atoms. The fourth-order valence-corrected chi connectivity index (χ4v) is 5.63. The van der Waals surface area contributed by atoms with E-state index < -0.39 is 20.5 Å². The van der Waals surface area contributed by atoms with Gasteiger partial charge in [-0.2, -0.15) is 0 Å². The van der Waals surface area contributed by atoms with Gasteiger partial charge in [0.2, 0.25) is 0 Å². The van der Waals surface area contributed by atoms with Crippen LogP contribution in [0, 0.1) is 12.3 Å². The maximum atomic E-state index is 12.5. The van der Waals surface area contributed by atoms with Crippen LogP contribution in [0.2, 0.25) is 0 Å². The maximum absolute atomic E-state index is 12.5. The van der Waals surface area contributed by atoms with Gasteiger partial charge in [-0.1, -0.05) is 49.0 Å². The Morgan fingerprint density at radius 2 is 1.91 bits per heavy atom. The molecule has 0 saturated heterocycles. The van der Waals surface area contributed by atoms with Gasteiger partial charge in [-0.05, 0) is 19.4 Å². The van der Waals surface area contributed by atoms with Crippen LogP contribution in [-0.4, -0.2) is 37.6 Å². The zero-order chi connectivity index (χ0) is 16.5. The first-order valence-corrected chi connectivity index (χ1v) is 9.59. The van der Waals surface area contributed by atoms with Gasteiger partial charge in [0.25, 0.3) is 0 Å². The van der Waals surface area contributed by atoms with Gasteiger partial charge in [0.05, 0.1) is 22.3 Å². The lowest BCUT2D eigenvalue weighted by atomic mass is 9.99. The van der Waals surface area contributed by atoms with Crippen LogP contribution >= 0.6 is 12.2 Å². The summed E-state index contributed by atoms with van der Waals surface area (Å²) in [6.07, 6.45) is 0. The number of nitrogens with two attached hydrogens (primary N) is 1. The molecule has 0 heterocycles. The molecular formula is C16H23NO3S2. The first-order valence-electron chi connectivity index (χ1n) is 7.47. The van der Waals surface area contributed by atoms with Gasteiger partial charge in [-0.25, -0.2) is 8.42 Å². The lowest BCUT2D eigenvalue weighted by molar-refractivity contribution is 0.121. The van der Waals surface area contributed by atoms with E-state index in [0.29, 0.717) is 6.61 Å². The average Bonchev–Trinajstić information content (AvgIpc) is 3.17. The molecular weight excluding hydrogens is 318 g/mol. The number of rotatable bonds is 7. The van der Waals surface area contributed by atoms with Crippen molar-refractivity contribution in [1.82, 2.24) is 0 Å². The third kappa shape index (κ3) is 2.79. The highest BCUT2D eigenvalue weighted by molar-refractivity contribution is 7.92. The Kier molecular flexibility index (Phi) is 4.94. The van der Waals surface area contributed by atoms with E-state index in [9.17, 15) is 8.42 Å². The summed E-state index contributed by atoms with van der Waals surface area (Å²) in [7, 11) is -3.26. The Balaban J connectivity index is 2.48. The second kappa shape index (κ2) is 6.26. The smallest absolute Gasteiger partial charge is 0.154 e. The first-order chi connectivity index (χ1) is 10.3. The van der Waals surface area contributed by atoms with Crippen molar-refractivity contribution in [2.75, 3.05) is 19.0 Å². The summed E-state index contributed by atoms with van der Waals surface area (Å²) < 4.78 is 30.6. The van der Waals surface area contributed by atoms with E-state index in [4.69, 9.17) is 22.7 Å². The Hall–Kier alpha value is -0.980. The Morgan fingerprint density at radius 1 is 1.32 bits per heavy atom. The molecule has 4 nitrogen and oxygen atoms in total. The van der Waals surface area contributed by atoms with Gasteiger partial charge in [-0.3, -0.25) is 0 Å². The molecule has 0 radical (unpaired) electrons. The van der Waals surface area contributed by atoms with Crippen LogP contribution in [0.1, 0.15) is 30.9 Å².